The van der Waals surface area contributed by atoms with Crippen molar-refractivity contribution >= 4 is 6.09 Å². The molecule has 2 aliphatic rings. The monoisotopic (exact) mass is 344 g/mol. The van der Waals surface area contributed by atoms with Crippen LogP contribution < -0.4 is 0 Å². The molecule has 1 aliphatic heterocycles. The van der Waals surface area contributed by atoms with Crippen molar-refractivity contribution in [3.63, 3.8) is 0 Å². The van der Waals surface area contributed by atoms with Crippen LogP contribution in [0.25, 0.3) is 0 Å². The molecule has 0 bridgehead atoms. The smallest absolute Gasteiger partial charge is 0.410 e. The van der Waals surface area contributed by atoms with E-state index in [0.29, 0.717) is 12.5 Å². The number of carbonyl (C=O) groups excluding carboxylic acids is 1. The van der Waals surface area contributed by atoms with Crippen LogP contribution in [0.2, 0.25) is 0 Å². The van der Waals surface area contributed by atoms with Gasteiger partial charge in [0.05, 0.1) is 6.04 Å². The van der Waals surface area contributed by atoms with E-state index >= 15 is 0 Å². The van der Waals surface area contributed by atoms with Gasteiger partial charge < -0.3 is 14.5 Å². The van der Waals surface area contributed by atoms with E-state index in [1.54, 1.807) is 0 Å². The highest BCUT2D eigenvalue weighted by Crippen LogP contribution is 2.30. The number of rotatable bonds is 6. The molecule has 4 heteroatoms. The van der Waals surface area contributed by atoms with Gasteiger partial charge in [-0.05, 0) is 50.3 Å². The summed E-state index contributed by atoms with van der Waals surface area (Å²) in [6.07, 6.45) is 8.83. The zero-order chi connectivity index (χ0) is 17.5. The molecular weight excluding hydrogens is 312 g/mol. The highest BCUT2D eigenvalue weighted by molar-refractivity contribution is 5.67. The fraction of sp³-hybridized carbons (Fsp3) is 0.667. The van der Waals surface area contributed by atoms with Crippen LogP contribution >= 0.6 is 0 Å². The van der Waals surface area contributed by atoms with Gasteiger partial charge in [-0.2, -0.15) is 0 Å². The summed E-state index contributed by atoms with van der Waals surface area (Å²) in [5, 5.41) is 0. The molecule has 0 radical (unpaired) electrons. The lowest BCUT2D eigenvalue weighted by Crippen LogP contribution is -2.49. The van der Waals surface area contributed by atoms with Crippen molar-refractivity contribution < 1.29 is 9.53 Å². The molecule has 0 aromatic heterocycles. The van der Waals surface area contributed by atoms with Crippen molar-refractivity contribution in [2.24, 2.45) is 5.92 Å². The standard InChI is InChI=1S/C21H32N2O2/c1-22(21(24)25-17-18-10-4-2-5-11-18)20(16-23-14-8-9-15-23)19-12-6-3-7-13-19/h2,4-5,10-11,19-20H,3,6-9,12-17H2,1H3. The molecule has 4 nitrogen and oxygen atoms in total. The van der Waals surface area contributed by atoms with E-state index in [2.05, 4.69) is 4.90 Å². The van der Waals surface area contributed by atoms with Crippen LogP contribution in [0.3, 0.4) is 0 Å². The maximum atomic E-state index is 12.7. The summed E-state index contributed by atoms with van der Waals surface area (Å²) in [6, 6.07) is 10.2. The number of benzene rings is 1. The average Bonchev–Trinajstić information content (AvgIpc) is 3.18. The lowest BCUT2D eigenvalue weighted by atomic mass is 9.83. The molecule has 1 amide bonds. The molecule has 2 fully saturated rings. The average molecular weight is 344 g/mol. The summed E-state index contributed by atoms with van der Waals surface area (Å²) in [4.78, 5) is 17.1. The Morgan fingerprint density at radius 1 is 1.12 bits per heavy atom. The molecule has 1 saturated heterocycles. The second-order valence-electron chi connectivity index (χ2n) is 7.62. The van der Waals surface area contributed by atoms with E-state index in [0.717, 1.165) is 12.1 Å². The van der Waals surface area contributed by atoms with E-state index < -0.39 is 0 Å². The Balaban J connectivity index is 1.59. The number of amides is 1. The van der Waals surface area contributed by atoms with E-state index in [1.165, 1.54) is 58.0 Å². The summed E-state index contributed by atoms with van der Waals surface area (Å²) in [7, 11) is 1.93. The third-order valence-electron chi connectivity index (χ3n) is 5.83. The number of hydrogen-bond acceptors (Lipinski definition) is 3. The first-order valence-electron chi connectivity index (χ1n) is 9.90. The zero-order valence-electron chi connectivity index (χ0n) is 15.5. The summed E-state index contributed by atoms with van der Waals surface area (Å²) >= 11 is 0. The number of ether oxygens (including phenoxy) is 1. The lowest BCUT2D eigenvalue weighted by Gasteiger charge is -2.38. The third kappa shape index (κ3) is 5.21. The number of likely N-dealkylation sites (tertiary alicyclic amines) is 1. The third-order valence-corrected chi connectivity index (χ3v) is 5.83. The van der Waals surface area contributed by atoms with Crippen molar-refractivity contribution in [3.8, 4) is 0 Å². The Morgan fingerprint density at radius 2 is 1.80 bits per heavy atom. The molecule has 1 aromatic carbocycles. The summed E-state index contributed by atoms with van der Waals surface area (Å²) in [6.45, 7) is 3.71. The predicted octanol–water partition coefficient (Wildman–Crippen LogP) is 4.30. The number of nitrogens with zero attached hydrogens (tertiary/aromatic N) is 2. The van der Waals surface area contributed by atoms with Gasteiger partial charge in [-0.1, -0.05) is 49.6 Å². The van der Waals surface area contributed by atoms with Gasteiger partial charge in [-0.25, -0.2) is 4.79 Å². The van der Waals surface area contributed by atoms with Crippen molar-refractivity contribution in [2.75, 3.05) is 26.7 Å². The molecule has 138 valence electrons. The molecule has 25 heavy (non-hydrogen) atoms. The highest BCUT2D eigenvalue weighted by Gasteiger charge is 2.32. The quantitative estimate of drug-likeness (QED) is 0.771. The first-order valence-corrected chi connectivity index (χ1v) is 9.90. The van der Waals surface area contributed by atoms with Crippen molar-refractivity contribution in [1.82, 2.24) is 9.80 Å². The van der Waals surface area contributed by atoms with Gasteiger partial charge in [0.1, 0.15) is 6.61 Å². The Hall–Kier alpha value is -1.55. The maximum absolute atomic E-state index is 12.7. The molecule has 3 rings (SSSR count). The number of carbonyl (C=O) groups is 1. The molecule has 1 heterocycles. The first-order chi connectivity index (χ1) is 12.2. The maximum Gasteiger partial charge on any atom is 0.410 e. The summed E-state index contributed by atoms with van der Waals surface area (Å²) < 4.78 is 5.59. The Morgan fingerprint density at radius 3 is 2.48 bits per heavy atom. The van der Waals surface area contributed by atoms with Crippen LogP contribution in [-0.4, -0.2) is 48.6 Å². The molecular formula is C21H32N2O2. The normalized spacial score (nSPS) is 20.4. The van der Waals surface area contributed by atoms with Crippen molar-refractivity contribution in [3.05, 3.63) is 35.9 Å². The second-order valence-corrected chi connectivity index (χ2v) is 7.62. The van der Waals surface area contributed by atoms with Gasteiger partial charge in [-0.3, -0.25) is 0 Å². The van der Waals surface area contributed by atoms with Crippen LogP contribution in [0.1, 0.15) is 50.5 Å². The molecule has 1 saturated carbocycles. The lowest BCUT2D eigenvalue weighted by molar-refractivity contribution is 0.0613. The van der Waals surface area contributed by atoms with Crippen molar-refractivity contribution in [2.45, 2.75) is 57.6 Å². The minimum absolute atomic E-state index is 0.182. The fourth-order valence-electron chi connectivity index (χ4n) is 4.29. The number of likely N-dealkylation sites (N-methyl/N-ethyl adjacent to an activating group) is 1. The SMILES string of the molecule is CN(C(=O)OCc1ccccc1)C(CN1CCCC1)C1CCCCC1. The van der Waals surface area contributed by atoms with Crippen molar-refractivity contribution in [1.29, 1.82) is 0 Å². The Kier molecular flexibility index (Phi) is 6.74. The molecule has 1 unspecified atom stereocenters. The summed E-state index contributed by atoms with van der Waals surface area (Å²) in [5.74, 6) is 0.614. The first kappa shape index (κ1) is 18.2. The Bertz CT molecular complexity index is 522. The minimum Gasteiger partial charge on any atom is -0.445 e. The Labute approximate surface area is 152 Å². The topological polar surface area (TPSA) is 32.8 Å². The number of hydrogen-bond donors (Lipinski definition) is 0. The minimum atomic E-state index is -0.182. The van der Waals surface area contributed by atoms with Crippen LogP contribution in [0.15, 0.2) is 30.3 Å². The molecule has 1 atom stereocenters. The summed E-state index contributed by atoms with van der Waals surface area (Å²) in [5.41, 5.74) is 1.04. The molecule has 1 aromatic rings. The van der Waals surface area contributed by atoms with Gasteiger partial charge in [-0.15, -0.1) is 0 Å². The molecule has 0 N–H and O–H groups in total. The van der Waals surface area contributed by atoms with Crippen LogP contribution in [-0.2, 0) is 11.3 Å². The van der Waals surface area contributed by atoms with Gasteiger partial charge in [0.15, 0.2) is 0 Å². The van der Waals surface area contributed by atoms with Crippen LogP contribution in [0.5, 0.6) is 0 Å². The van der Waals surface area contributed by atoms with Crippen LogP contribution in [0, 0.1) is 5.92 Å². The molecule has 0 spiro atoms. The van der Waals surface area contributed by atoms with Gasteiger partial charge in [0.2, 0.25) is 0 Å². The zero-order valence-corrected chi connectivity index (χ0v) is 15.5. The highest BCUT2D eigenvalue weighted by atomic mass is 16.6. The molecule has 1 aliphatic carbocycles. The van der Waals surface area contributed by atoms with E-state index in [1.807, 2.05) is 42.3 Å². The van der Waals surface area contributed by atoms with E-state index in [4.69, 9.17) is 4.74 Å². The van der Waals surface area contributed by atoms with Crippen LogP contribution in [0.4, 0.5) is 4.79 Å². The second kappa shape index (κ2) is 9.23. The largest absolute Gasteiger partial charge is 0.445 e. The fourth-order valence-corrected chi connectivity index (χ4v) is 4.29. The van der Waals surface area contributed by atoms with Gasteiger partial charge in [0.25, 0.3) is 0 Å². The van der Waals surface area contributed by atoms with Gasteiger partial charge in [0, 0.05) is 13.6 Å². The predicted molar refractivity (Wildman–Crippen MR) is 100 cm³/mol. The van der Waals surface area contributed by atoms with E-state index in [9.17, 15) is 4.79 Å². The van der Waals surface area contributed by atoms with E-state index in [-0.39, 0.29) is 12.1 Å². The van der Waals surface area contributed by atoms with Gasteiger partial charge >= 0.3 is 6.09 Å².